The summed E-state index contributed by atoms with van der Waals surface area (Å²) in [5.41, 5.74) is 1.48. The van der Waals surface area contributed by atoms with Crippen LogP contribution in [-0.2, 0) is 4.74 Å². The number of hydrogen-bond acceptors (Lipinski definition) is 2. The Hall–Kier alpha value is -1.98. The number of halogens is 5. The van der Waals surface area contributed by atoms with E-state index in [4.69, 9.17) is 27.9 Å². The van der Waals surface area contributed by atoms with Crippen molar-refractivity contribution in [1.82, 2.24) is 0 Å². The zero-order valence-corrected chi connectivity index (χ0v) is 16.1. The predicted molar refractivity (Wildman–Crippen MR) is 101 cm³/mol. The molecule has 2 rings (SSSR count). The van der Waals surface area contributed by atoms with Crippen LogP contribution in [0.2, 0.25) is 10.0 Å². The first kappa shape index (κ1) is 21.3. The summed E-state index contributed by atoms with van der Waals surface area (Å²) in [4.78, 5) is 11.8. The maximum absolute atomic E-state index is 13.5. The van der Waals surface area contributed by atoms with Crippen LogP contribution in [0.3, 0.4) is 0 Å². The normalized spacial score (nSPS) is 13.0. The summed E-state index contributed by atoms with van der Waals surface area (Å²) in [6.07, 6.45) is -2.11. The third-order valence-electron chi connectivity index (χ3n) is 3.82. The molecule has 2 aromatic carbocycles. The third kappa shape index (κ3) is 5.75. The van der Waals surface area contributed by atoms with Gasteiger partial charge in [-0.2, -0.15) is 13.2 Å². The molecule has 0 N–H and O–H groups in total. The van der Waals surface area contributed by atoms with E-state index in [-0.39, 0.29) is 22.2 Å². The van der Waals surface area contributed by atoms with Crippen LogP contribution in [0.5, 0.6) is 0 Å². The Bertz CT molecular complexity index is 841. The van der Waals surface area contributed by atoms with E-state index in [1.165, 1.54) is 30.3 Å². The Labute approximate surface area is 165 Å². The maximum atomic E-state index is 13.5. The molecule has 0 spiro atoms. The van der Waals surface area contributed by atoms with Crippen LogP contribution in [0.25, 0.3) is 6.08 Å². The van der Waals surface area contributed by atoms with Gasteiger partial charge >= 0.3 is 12.1 Å². The van der Waals surface area contributed by atoms with E-state index in [2.05, 4.69) is 0 Å². The lowest BCUT2D eigenvalue weighted by Gasteiger charge is -2.18. The lowest BCUT2D eigenvalue weighted by Crippen LogP contribution is -2.18. The minimum Gasteiger partial charge on any atom is -0.462 e. The predicted octanol–water partition coefficient (Wildman–Crippen LogP) is 6.84. The highest BCUT2D eigenvalue weighted by Gasteiger charge is 2.39. The van der Waals surface area contributed by atoms with Gasteiger partial charge in [0.25, 0.3) is 0 Å². The van der Waals surface area contributed by atoms with Crippen molar-refractivity contribution in [2.75, 3.05) is 6.61 Å². The van der Waals surface area contributed by atoms with Gasteiger partial charge in [0.2, 0.25) is 0 Å². The SMILES string of the molecule is CCOC(=O)c1ccc(C=CC(c2cc(Cl)cc(Cl)c2)C(F)(F)F)cc1C. The van der Waals surface area contributed by atoms with E-state index in [1.807, 2.05) is 0 Å². The molecule has 0 saturated carbocycles. The Morgan fingerprint density at radius 1 is 1.15 bits per heavy atom. The second kappa shape index (κ2) is 8.81. The van der Waals surface area contributed by atoms with Crippen LogP contribution in [0.1, 0.15) is 39.9 Å². The van der Waals surface area contributed by atoms with Crippen molar-refractivity contribution in [2.45, 2.75) is 25.9 Å². The second-order valence-electron chi connectivity index (χ2n) is 5.88. The fraction of sp³-hybridized carbons (Fsp3) is 0.250. The number of allylic oxidation sites excluding steroid dienone is 1. The Morgan fingerprint density at radius 2 is 1.78 bits per heavy atom. The van der Waals surface area contributed by atoms with Crippen LogP contribution >= 0.6 is 23.2 Å². The molecule has 2 nitrogen and oxygen atoms in total. The van der Waals surface area contributed by atoms with Crippen molar-refractivity contribution in [2.24, 2.45) is 0 Å². The van der Waals surface area contributed by atoms with Gasteiger partial charge in [-0.25, -0.2) is 4.79 Å². The summed E-state index contributed by atoms with van der Waals surface area (Å²) in [5, 5.41) is 0.268. The average molecular weight is 417 g/mol. The molecular formula is C20H17Cl2F3O2. The molecular weight excluding hydrogens is 400 g/mol. The number of carbonyl (C=O) groups excluding carboxylic acids is 1. The number of alkyl halides is 3. The molecule has 0 aromatic heterocycles. The Balaban J connectivity index is 2.34. The van der Waals surface area contributed by atoms with Crippen LogP contribution in [0, 0.1) is 6.92 Å². The number of esters is 1. The van der Waals surface area contributed by atoms with E-state index in [9.17, 15) is 18.0 Å². The minimum absolute atomic E-state index is 0.0453. The van der Waals surface area contributed by atoms with Gasteiger partial charge in [0.1, 0.15) is 0 Å². The molecule has 0 amide bonds. The lowest BCUT2D eigenvalue weighted by molar-refractivity contribution is -0.139. The molecule has 1 atom stereocenters. The van der Waals surface area contributed by atoms with Gasteiger partial charge in [-0.15, -0.1) is 0 Å². The van der Waals surface area contributed by atoms with Crippen molar-refractivity contribution >= 4 is 35.2 Å². The first-order chi connectivity index (χ1) is 12.6. The summed E-state index contributed by atoms with van der Waals surface area (Å²) < 4.78 is 45.5. The first-order valence-corrected chi connectivity index (χ1v) is 8.86. The summed E-state index contributed by atoms with van der Waals surface area (Å²) in [7, 11) is 0. The molecule has 0 saturated heterocycles. The molecule has 0 bridgehead atoms. The zero-order valence-electron chi connectivity index (χ0n) is 14.6. The minimum atomic E-state index is -4.51. The lowest BCUT2D eigenvalue weighted by atomic mass is 9.96. The smallest absolute Gasteiger partial charge is 0.399 e. The van der Waals surface area contributed by atoms with Crippen molar-refractivity contribution < 1.29 is 22.7 Å². The maximum Gasteiger partial charge on any atom is 0.399 e. The van der Waals surface area contributed by atoms with Crippen molar-refractivity contribution in [3.8, 4) is 0 Å². The summed E-state index contributed by atoms with van der Waals surface area (Å²) >= 11 is 11.7. The molecule has 0 aliphatic rings. The molecule has 144 valence electrons. The van der Waals surface area contributed by atoms with Crippen molar-refractivity contribution in [1.29, 1.82) is 0 Å². The molecule has 0 radical (unpaired) electrons. The average Bonchev–Trinajstić information content (AvgIpc) is 2.53. The van der Waals surface area contributed by atoms with E-state index in [0.29, 0.717) is 16.7 Å². The van der Waals surface area contributed by atoms with E-state index >= 15 is 0 Å². The topological polar surface area (TPSA) is 26.3 Å². The second-order valence-corrected chi connectivity index (χ2v) is 6.75. The molecule has 27 heavy (non-hydrogen) atoms. The Kier molecular flexibility index (Phi) is 6.95. The number of benzene rings is 2. The fourth-order valence-corrected chi connectivity index (χ4v) is 3.14. The first-order valence-electron chi connectivity index (χ1n) is 8.10. The molecule has 0 aliphatic heterocycles. The van der Waals surface area contributed by atoms with Gasteiger partial charge in [-0.1, -0.05) is 47.5 Å². The van der Waals surface area contributed by atoms with Crippen LogP contribution in [0.15, 0.2) is 42.5 Å². The summed E-state index contributed by atoms with van der Waals surface area (Å²) in [6, 6.07) is 8.58. The van der Waals surface area contributed by atoms with Crippen molar-refractivity contribution in [3.63, 3.8) is 0 Å². The molecule has 2 aromatic rings. The number of aryl methyl sites for hydroxylation is 1. The molecule has 1 unspecified atom stereocenters. The van der Waals surface area contributed by atoms with Crippen LogP contribution in [0.4, 0.5) is 13.2 Å². The van der Waals surface area contributed by atoms with E-state index in [0.717, 1.165) is 6.08 Å². The molecule has 0 aliphatic carbocycles. The molecule has 0 heterocycles. The van der Waals surface area contributed by atoms with Gasteiger partial charge in [0, 0.05) is 10.0 Å². The van der Waals surface area contributed by atoms with Crippen LogP contribution < -0.4 is 0 Å². The highest BCUT2D eigenvalue weighted by atomic mass is 35.5. The summed E-state index contributed by atoms with van der Waals surface area (Å²) in [5.74, 6) is -2.33. The quantitative estimate of drug-likeness (QED) is 0.498. The standard InChI is InChI=1S/C20H17Cl2F3O2/c1-3-27-19(26)17-6-4-13(8-12(17)2)5-7-18(20(23,24)25)14-9-15(21)11-16(22)10-14/h4-11,18H,3H2,1-2H3. The Morgan fingerprint density at radius 3 is 2.30 bits per heavy atom. The number of ether oxygens (including phenoxy) is 1. The van der Waals surface area contributed by atoms with Gasteiger partial charge in [0.15, 0.2) is 0 Å². The highest BCUT2D eigenvalue weighted by molar-refractivity contribution is 6.34. The molecule has 7 heteroatoms. The van der Waals surface area contributed by atoms with Gasteiger partial charge < -0.3 is 4.74 Å². The molecule has 0 fully saturated rings. The number of rotatable bonds is 5. The van der Waals surface area contributed by atoms with Gasteiger partial charge in [-0.3, -0.25) is 0 Å². The largest absolute Gasteiger partial charge is 0.462 e. The summed E-state index contributed by atoms with van der Waals surface area (Å²) in [6.45, 7) is 3.64. The highest BCUT2D eigenvalue weighted by Crippen LogP contribution is 2.38. The van der Waals surface area contributed by atoms with E-state index in [1.54, 1.807) is 26.0 Å². The van der Waals surface area contributed by atoms with Gasteiger partial charge in [-0.05, 0) is 54.8 Å². The number of carbonyl (C=O) groups is 1. The zero-order chi connectivity index (χ0) is 20.2. The fourth-order valence-electron chi connectivity index (χ4n) is 2.60. The van der Waals surface area contributed by atoms with Crippen LogP contribution in [-0.4, -0.2) is 18.8 Å². The third-order valence-corrected chi connectivity index (χ3v) is 4.26. The monoisotopic (exact) mass is 416 g/mol. The van der Waals surface area contributed by atoms with Crippen molar-refractivity contribution in [3.05, 3.63) is 74.8 Å². The van der Waals surface area contributed by atoms with Gasteiger partial charge in [0.05, 0.1) is 18.1 Å². The van der Waals surface area contributed by atoms with E-state index < -0.39 is 18.1 Å². The number of hydrogen-bond donors (Lipinski definition) is 0.